The zero-order chi connectivity index (χ0) is 24.3. The first-order chi connectivity index (χ1) is 15.1. The molecule has 0 spiro atoms. The van der Waals surface area contributed by atoms with Crippen LogP contribution in [0.15, 0.2) is 39.1 Å². The number of methoxy groups -OCH3 is 1. The number of esters is 1. The van der Waals surface area contributed by atoms with Crippen molar-refractivity contribution in [2.45, 2.75) is 78.2 Å². The highest BCUT2D eigenvalue weighted by Gasteiger charge is 2.28. The maximum absolute atomic E-state index is 12.8. The smallest absolute Gasteiger partial charge is 0.350 e. The molecule has 0 fully saturated rings. The van der Waals surface area contributed by atoms with E-state index in [1.807, 2.05) is 13.8 Å². The van der Waals surface area contributed by atoms with Crippen molar-refractivity contribution in [3.05, 3.63) is 51.6 Å². The van der Waals surface area contributed by atoms with Crippen molar-refractivity contribution in [3.63, 3.8) is 0 Å². The van der Waals surface area contributed by atoms with E-state index in [0.29, 0.717) is 12.8 Å². The lowest BCUT2D eigenvalue weighted by Crippen LogP contribution is -2.28. The monoisotopic (exact) mass is 448 g/mol. The normalized spacial score (nSPS) is 14.9. The number of ether oxygens (including phenoxy) is 1. The summed E-state index contributed by atoms with van der Waals surface area (Å²) < 4.78 is 9.81. The Bertz CT molecular complexity index is 879. The van der Waals surface area contributed by atoms with Crippen LogP contribution in [0.2, 0.25) is 0 Å². The molecule has 0 saturated carbocycles. The highest BCUT2D eigenvalue weighted by atomic mass is 16.5. The van der Waals surface area contributed by atoms with Crippen LogP contribution < -0.4 is 5.63 Å². The molecule has 0 aromatic carbocycles. The summed E-state index contributed by atoms with van der Waals surface area (Å²) in [5.41, 5.74) is -0.396. The molecule has 3 atom stereocenters. The summed E-state index contributed by atoms with van der Waals surface area (Å²) in [6, 6.07) is 1.27. The van der Waals surface area contributed by atoms with E-state index in [1.54, 1.807) is 12.2 Å². The van der Waals surface area contributed by atoms with Crippen molar-refractivity contribution in [1.29, 1.82) is 0 Å². The van der Waals surface area contributed by atoms with Crippen molar-refractivity contribution in [2.75, 3.05) is 7.11 Å². The van der Waals surface area contributed by atoms with Crippen LogP contribution in [0.25, 0.3) is 0 Å². The molecule has 7 nitrogen and oxygen atoms in total. The predicted octanol–water partition coefficient (Wildman–Crippen LogP) is 4.66. The fraction of sp³-hybridized carbons (Fsp3) is 0.560. The number of Topliss-reactive ketones (excluding diaryl/α,β-unsaturated/α-hetero) is 1. The van der Waals surface area contributed by atoms with Gasteiger partial charge >= 0.3 is 11.6 Å². The van der Waals surface area contributed by atoms with E-state index in [2.05, 4.69) is 11.7 Å². The second kappa shape index (κ2) is 13.7. The molecule has 0 aliphatic heterocycles. The lowest BCUT2D eigenvalue weighted by Gasteiger charge is -2.16. The number of aliphatic hydroxyl groups excluding tert-OH is 1. The summed E-state index contributed by atoms with van der Waals surface area (Å²) in [6.45, 7) is 7.34. The van der Waals surface area contributed by atoms with E-state index in [-0.39, 0.29) is 11.7 Å². The topological polar surface area (TPSA) is 114 Å². The average Bonchev–Trinajstić information content (AvgIpc) is 2.75. The minimum atomic E-state index is -1.07. The molecule has 178 valence electrons. The number of ketones is 1. The molecule has 0 aliphatic rings. The van der Waals surface area contributed by atoms with Gasteiger partial charge in [0.2, 0.25) is 0 Å². The lowest BCUT2D eigenvalue weighted by molar-refractivity contribution is -0.134. The molecule has 0 bridgehead atoms. The van der Waals surface area contributed by atoms with E-state index in [1.165, 1.54) is 26.2 Å². The molecule has 1 heterocycles. The van der Waals surface area contributed by atoms with Gasteiger partial charge in [-0.3, -0.25) is 4.79 Å². The molecule has 0 saturated heterocycles. The number of allylic oxidation sites excluding steroid dienone is 2. The van der Waals surface area contributed by atoms with Crippen molar-refractivity contribution in [1.82, 2.24) is 0 Å². The van der Waals surface area contributed by atoms with Gasteiger partial charge in [-0.2, -0.15) is 0 Å². The van der Waals surface area contributed by atoms with Crippen molar-refractivity contribution >= 4 is 11.8 Å². The maximum Gasteiger partial charge on any atom is 0.350 e. The van der Waals surface area contributed by atoms with Crippen molar-refractivity contribution in [2.24, 2.45) is 5.92 Å². The third-order valence-electron chi connectivity index (χ3n) is 5.46. The number of carbonyl (C=O) groups is 2. The third kappa shape index (κ3) is 8.46. The first-order valence-corrected chi connectivity index (χ1v) is 11.1. The number of aromatic hydroxyl groups is 1. The molecule has 1 rings (SSSR count). The molecule has 1 aromatic heterocycles. The molecular formula is C25H36O7. The van der Waals surface area contributed by atoms with Crippen LogP contribution in [0.3, 0.4) is 0 Å². The summed E-state index contributed by atoms with van der Waals surface area (Å²) in [6.07, 6.45) is 8.66. The van der Waals surface area contributed by atoms with Crippen LogP contribution in [0.1, 0.15) is 88.3 Å². The maximum atomic E-state index is 12.8. The summed E-state index contributed by atoms with van der Waals surface area (Å²) >= 11 is 0. The number of carbonyl (C=O) groups excluding carboxylic acids is 2. The van der Waals surface area contributed by atoms with Gasteiger partial charge < -0.3 is 19.4 Å². The minimum absolute atomic E-state index is 0.225. The van der Waals surface area contributed by atoms with Crippen molar-refractivity contribution < 1.29 is 29.0 Å². The molecule has 2 N–H and O–H groups in total. The quantitative estimate of drug-likeness (QED) is 0.148. The highest BCUT2D eigenvalue weighted by Crippen LogP contribution is 2.27. The Morgan fingerprint density at radius 3 is 2.53 bits per heavy atom. The molecule has 0 aliphatic carbocycles. The number of rotatable bonds is 13. The summed E-state index contributed by atoms with van der Waals surface area (Å²) in [5, 5.41) is 20.8. The van der Waals surface area contributed by atoms with Gasteiger partial charge in [-0.05, 0) is 32.6 Å². The zero-order valence-electron chi connectivity index (χ0n) is 19.7. The molecule has 0 radical (unpaired) electrons. The van der Waals surface area contributed by atoms with Gasteiger partial charge in [0.05, 0.1) is 13.2 Å². The predicted molar refractivity (Wildman–Crippen MR) is 123 cm³/mol. The zero-order valence-corrected chi connectivity index (χ0v) is 19.7. The van der Waals surface area contributed by atoms with Gasteiger partial charge in [0.25, 0.3) is 0 Å². The van der Waals surface area contributed by atoms with E-state index in [0.717, 1.165) is 31.3 Å². The minimum Gasteiger partial charge on any atom is -0.507 e. The Morgan fingerprint density at radius 1 is 1.25 bits per heavy atom. The third-order valence-corrected chi connectivity index (χ3v) is 5.46. The van der Waals surface area contributed by atoms with Crippen LogP contribution in [0, 0.1) is 5.92 Å². The largest absolute Gasteiger partial charge is 0.507 e. The first kappa shape index (κ1) is 27.4. The molecular weight excluding hydrogens is 412 g/mol. The molecule has 1 aromatic rings. The van der Waals surface area contributed by atoms with Gasteiger partial charge in [-0.1, -0.05) is 51.3 Å². The molecule has 0 amide bonds. The molecule has 3 unspecified atom stereocenters. The fourth-order valence-electron chi connectivity index (χ4n) is 3.26. The van der Waals surface area contributed by atoms with E-state index in [4.69, 9.17) is 4.42 Å². The Morgan fingerprint density at radius 2 is 1.94 bits per heavy atom. The van der Waals surface area contributed by atoms with Gasteiger partial charge in [0.15, 0.2) is 5.78 Å². The Balaban J connectivity index is 2.90. The summed E-state index contributed by atoms with van der Waals surface area (Å²) in [4.78, 5) is 36.3. The number of unbranched alkanes of at least 4 members (excludes halogenated alkanes) is 2. The van der Waals surface area contributed by atoms with Gasteiger partial charge in [0, 0.05) is 24.0 Å². The van der Waals surface area contributed by atoms with Crippen LogP contribution in [-0.2, 0) is 9.53 Å². The second-order valence-electron chi connectivity index (χ2n) is 8.21. The Hall–Kier alpha value is -2.67. The molecule has 32 heavy (non-hydrogen) atoms. The SMILES string of the molecule is CCCCCC(C)=CC(O)C(C)C(=O)c1c(O)cc(C(C)CCC=CC(=O)OC)oc1=O. The molecule has 7 heteroatoms. The van der Waals surface area contributed by atoms with Crippen LogP contribution >= 0.6 is 0 Å². The van der Waals surface area contributed by atoms with E-state index in [9.17, 15) is 24.6 Å². The summed E-state index contributed by atoms with van der Waals surface area (Å²) in [7, 11) is 1.29. The average molecular weight is 449 g/mol. The van der Waals surface area contributed by atoms with Crippen molar-refractivity contribution in [3.8, 4) is 5.75 Å². The van der Waals surface area contributed by atoms with Gasteiger partial charge in [0.1, 0.15) is 17.1 Å². The second-order valence-corrected chi connectivity index (χ2v) is 8.21. The van der Waals surface area contributed by atoms with E-state index >= 15 is 0 Å². The van der Waals surface area contributed by atoms with Crippen LogP contribution in [0.4, 0.5) is 0 Å². The highest BCUT2D eigenvalue weighted by molar-refractivity contribution is 6.00. The fourth-order valence-corrected chi connectivity index (χ4v) is 3.26. The van der Waals surface area contributed by atoms with Gasteiger partial charge in [-0.15, -0.1) is 0 Å². The van der Waals surface area contributed by atoms with Gasteiger partial charge in [-0.25, -0.2) is 9.59 Å². The lowest BCUT2D eigenvalue weighted by atomic mass is 9.92. The first-order valence-electron chi connectivity index (χ1n) is 11.1. The number of hydrogen-bond donors (Lipinski definition) is 2. The Labute approximate surface area is 189 Å². The number of aliphatic hydroxyl groups is 1. The van der Waals surface area contributed by atoms with Crippen LogP contribution in [-0.4, -0.2) is 35.2 Å². The summed E-state index contributed by atoms with van der Waals surface area (Å²) in [5.74, 6) is -2.46. The van der Waals surface area contributed by atoms with E-state index < -0.39 is 40.7 Å². The number of hydrogen-bond acceptors (Lipinski definition) is 7. The Kier molecular flexibility index (Phi) is 11.7. The standard InChI is InChI=1S/C25H36O7/c1-6-7-8-11-16(2)14-19(26)18(4)24(29)23-20(27)15-21(32-25(23)30)17(3)12-9-10-13-22(28)31-5/h10,13-15,17-19,26-27H,6-9,11-12H2,1-5H3. The van der Waals surface area contributed by atoms with Crippen LogP contribution in [0.5, 0.6) is 5.75 Å².